The number of morpholine rings is 1. The molecule has 8 nitrogen and oxygen atoms in total. The molecule has 0 radical (unpaired) electrons. The van der Waals surface area contributed by atoms with E-state index in [2.05, 4.69) is 20.4 Å². The quantitative estimate of drug-likeness (QED) is 0.881. The lowest BCUT2D eigenvalue weighted by molar-refractivity contribution is 0.00378. The number of carbonyl (C=O) groups is 1. The van der Waals surface area contributed by atoms with Gasteiger partial charge in [0.05, 0.1) is 19.8 Å². The molecule has 0 saturated carbocycles. The van der Waals surface area contributed by atoms with Crippen LogP contribution in [0.4, 0.5) is 4.79 Å². The normalized spacial score (nSPS) is 19.2. The molecule has 1 aromatic heterocycles. The number of hydrogen-bond donors (Lipinski definition) is 1. The highest BCUT2D eigenvalue weighted by molar-refractivity contribution is 5.74. The van der Waals surface area contributed by atoms with E-state index < -0.39 is 0 Å². The Morgan fingerprint density at radius 1 is 1.11 bits per heavy atom. The third kappa shape index (κ3) is 4.45. The molecule has 0 unspecified atom stereocenters. The summed E-state index contributed by atoms with van der Waals surface area (Å²) in [5, 5.41) is 6.86. The number of benzene rings is 1. The second-order valence-corrected chi connectivity index (χ2v) is 6.90. The number of nitrogens with zero attached hydrogens (tertiary/aromatic N) is 4. The lowest BCUT2D eigenvalue weighted by atomic mass is 10.0. The van der Waals surface area contributed by atoms with Crippen LogP contribution in [0, 0.1) is 0 Å². The number of likely N-dealkylation sites (tertiary alicyclic amines) is 1. The molecule has 144 valence electrons. The fourth-order valence-corrected chi connectivity index (χ4v) is 3.67. The van der Waals surface area contributed by atoms with Crippen LogP contribution in [0.1, 0.15) is 18.7 Å². The van der Waals surface area contributed by atoms with Gasteiger partial charge in [0.2, 0.25) is 11.7 Å². The molecule has 0 spiro atoms. The summed E-state index contributed by atoms with van der Waals surface area (Å²) in [4.78, 5) is 21.1. The van der Waals surface area contributed by atoms with Gasteiger partial charge in [-0.15, -0.1) is 0 Å². The van der Waals surface area contributed by atoms with Gasteiger partial charge in [-0.1, -0.05) is 35.5 Å². The number of nitrogens with one attached hydrogen (secondary N) is 1. The Bertz CT molecular complexity index is 737. The first-order valence-electron chi connectivity index (χ1n) is 9.52. The summed E-state index contributed by atoms with van der Waals surface area (Å²) in [5.74, 6) is 0.941. The van der Waals surface area contributed by atoms with Gasteiger partial charge in [0.15, 0.2) is 0 Å². The number of amides is 2. The Hall–Kier alpha value is -2.45. The van der Waals surface area contributed by atoms with E-state index in [1.54, 1.807) is 0 Å². The number of carbonyl (C=O) groups excluding carboxylic acids is 1. The van der Waals surface area contributed by atoms with Crippen LogP contribution in [-0.2, 0) is 11.3 Å². The predicted octanol–water partition coefficient (Wildman–Crippen LogP) is 1.74. The van der Waals surface area contributed by atoms with E-state index in [4.69, 9.17) is 9.26 Å². The Labute approximate surface area is 158 Å². The second kappa shape index (κ2) is 8.49. The van der Waals surface area contributed by atoms with Crippen molar-refractivity contribution in [2.45, 2.75) is 25.4 Å². The molecule has 1 N–H and O–H groups in total. The van der Waals surface area contributed by atoms with Gasteiger partial charge in [0.1, 0.15) is 0 Å². The fraction of sp³-hybridized carbons (Fsp3) is 0.526. The summed E-state index contributed by atoms with van der Waals surface area (Å²) >= 11 is 0. The molecule has 0 aliphatic carbocycles. The predicted molar refractivity (Wildman–Crippen MR) is 99.0 cm³/mol. The van der Waals surface area contributed by atoms with Gasteiger partial charge in [-0.05, 0) is 12.8 Å². The average Bonchev–Trinajstić information content (AvgIpc) is 3.22. The third-order valence-electron chi connectivity index (χ3n) is 5.20. The van der Waals surface area contributed by atoms with Crippen molar-refractivity contribution in [1.82, 2.24) is 25.3 Å². The van der Waals surface area contributed by atoms with Crippen molar-refractivity contribution in [1.29, 1.82) is 0 Å². The van der Waals surface area contributed by atoms with Crippen LogP contribution < -0.4 is 5.32 Å². The van der Waals surface area contributed by atoms with Gasteiger partial charge in [-0.3, -0.25) is 4.90 Å². The molecule has 0 bridgehead atoms. The molecule has 2 fully saturated rings. The van der Waals surface area contributed by atoms with Crippen LogP contribution in [0.3, 0.4) is 0 Å². The zero-order valence-electron chi connectivity index (χ0n) is 15.3. The second-order valence-electron chi connectivity index (χ2n) is 6.90. The lowest BCUT2D eigenvalue weighted by Gasteiger charge is -2.39. The van der Waals surface area contributed by atoms with Gasteiger partial charge >= 0.3 is 6.03 Å². The van der Waals surface area contributed by atoms with E-state index in [9.17, 15) is 4.79 Å². The largest absolute Gasteiger partial charge is 0.379 e. The summed E-state index contributed by atoms with van der Waals surface area (Å²) in [7, 11) is 0. The smallest absolute Gasteiger partial charge is 0.317 e. The summed E-state index contributed by atoms with van der Waals surface area (Å²) in [6.45, 7) is 5.41. The van der Waals surface area contributed by atoms with E-state index in [0.29, 0.717) is 17.8 Å². The molecule has 2 aliphatic heterocycles. The molecule has 27 heavy (non-hydrogen) atoms. The monoisotopic (exact) mass is 371 g/mol. The maximum Gasteiger partial charge on any atom is 0.317 e. The molecule has 1 aromatic carbocycles. The van der Waals surface area contributed by atoms with Crippen LogP contribution in [0.15, 0.2) is 34.9 Å². The summed E-state index contributed by atoms with van der Waals surface area (Å²) in [6.07, 6.45) is 2.01. The SMILES string of the molecule is O=C(NCc1nc(-c2ccccc2)no1)N1CCC(N2CCOCC2)CC1. The Balaban J connectivity index is 1.24. The lowest BCUT2D eigenvalue weighted by Crippen LogP contribution is -2.51. The highest BCUT2D eigenvalue weighted by Crippen LogP contribution is 2.18. The van der Waals surface area contributed by atoms with Gasteiger partial charge in [0.25, 0.3) is 0 Å². The van der Waals surface area contributed by atoms with Crippen LogP contribution >= 0.6 is 0 Å². The number of ether oxygens (including phenoxy) is 1. The van der Waals surface area contributed by atoms with Crippen LogP contribution in [0.25, 0.3) is 11.4 Å². The van der Waals surface area contributed by atoms with Gasteiger partial charge in [0, 0.05) is 37.8 Å². The van der Waals surface area contributed by atoms with E-state index in [0.717, 1.165) is 57.8 Å². The highest BCUT2D eigenvalue weighted by atomic mass is 16.5. The molecule has 2 aromatic rings. The summed E-state index contributed by atoms with van der Waals surface area (Å²) in [6, 6.07) is 10.1. The van der Waals surface area contributed by atoms with Crippen molar-refractivity contribution in [3.05, 3.63) is 36.2 Å². The molecule has 2 aliphatic rings. The van der Waals surface area contributed by atoms with E-state index in [1.165, 1.54) is 0 Å². The average molecular weight is 371 g/mol. The van der Waals surface area contributed by atoms with Crippen LogP contribution in [-0.4, -0.2) is 71.4 Å². The topological polar surface area (TPSA) is 83.7 Å². The van der Waals surface area contributed by atoms with Gasteiger partial charge in [-0.2, -0.15) is 4.98 Å². The van der Waals surface area contributed by atoms with Crippen molar-refractivity contribution < 1.29 is 14.1 Å². The molecular formula is C19H25N5O3. The first-order chi connectivity index (χ1) is 13.3. The van der Waals surface area contributed by atoms with Gasteiger partial charge < -0.3 is 19.5 Å². The minimum Gasteiger partial charge on any atom is -0.379 e. The first-order valence-corrected chi connectivity index (χ1v) is 9.52. The van der Waals surface area contributed by atoms with Crippen molar-refractivity contribution in [2.75, 3.05) is 39.4 Å². The number of rotatable bonds is 4. The minimum absolute atomic E-state index is 0.0742. The Kier molecular flexibility index (Phi) is 5.64. The van der Waals surface area contributed by atoms with Gasteiger partial charge in [-0.25, -0.2) is 4.79 Å². The number of urea groups is 1. The zero-order valence-corrected chi connectivity index (χ0v) is 15.3. The number of hydrogen-bond acceptors (Lipinski definition) is 6. The minimum atomic E-state index is -0.0742. The molecule has 4 rings (SSSR count). The van der Waals surface area contributed by atoms with Crippen molar-refractivity contribution >= 4 is 6.03 Å². The fourth-order valence-electron chi connectivity index (χ4n) is 3.67. The van der Waals surface area contributed by atoms with Crippen molar-refractivity contribution in [2.24, 2.45) is 0 Å². The van der Waals surface area contributed by atoms with E-state index >= 15 is 0 Å². The van der Waals surface area contributed by atoms with E-state index in [-0.39, 0.29) is 12.6 Å². The van der Waals surface area contributed by atoms with Crippen molar-refractivity contribution in [3.8, 4) is 11.4 Å². The molecule has 3 heterocycles. The molecule has 0 atom stereocenters. The molecule has 8 heteroatoms. The van der Waals surface area contributed by atoms with Crippen molar-refractivity contribution in [3.63, 3.8) is 0 Å². The maximum absolute atomic E-state index is 12.4. The standard InChI is InChI=1S/C19H25N5O3/c25-19(24-8-6-16(7-9-24)23-10-12-26-13-11-23)20-14-17-21-18(22-27-17)15-4-2-1-3-5-15/h1-5,16H,6-14H2,(H,20,25). The van der Waals surface area contributed by atoms with Crippen LogP contribution in [0.2, 0.25) is 0 Å². The van der Waals surface area contributed by atoms with Crippen LogP contribution in [0.5, 0.6) is 0 Å². The highest BCUT2D eigenvalue weighted by Gasteiger charge is 2.27. The number of piperidine rings is 1. The molecular weight excluding hydrogens is 346 g/mol. The Morgan fingerprint density at radius 2 is 1.85 bits per heavy atom. The van der Waals surface area contributed by atoms with E-state index in [1.807, 2.05) is 35.2 Å². The molecule has 2 saturated heterocycles. The molecule has 2 amide bonds. The third-order valence-corrected chi connectivity index (χ3v) is 5.20. The summed E-state index contributed by atoms with van der Waals surface area (Å²) < 4.78 is 10.7. The maximum atomic E-state index is 12.4. The number of aromatic nitrogens is 2. The first kappa shape index (κ1) is 17.9. The zero-order chi connectivity index (χ0) is 18.5. The Morgan fingerprint density at radius 3 is 2.59 bits per heavy atom. The summed E-state index contributed by atoms with van der Waals surface area (Å²) in [5.41, 5.74) is 0.893.